The van der Waals surface area contributed by atoms with Gasteiger partial charge in [0.15, 0.2) is 0 Å². The van der Waals surface area contributed by atoms with Crippen LogP contribution in [0.4, 0.5) is 5.69 Å². The van der Waals surface area contributed by atoms with Gasteiger partial charge in [-0.3, -0.25) is 9.88 Å². The molecule has 2 aliphatic rings. The summed E-state index contributed by atoms with van der Waals surface area (Å²) in [5.41, 5.74) is 2.49. The monoisotopic (exact) mass is 288 g/mol. The fraction of sp³-hybridized carbons (Fsp3) is 0.706. The second-order valence-electron chi connectivity index (χ2n) is 6.78. The first-order chi connectivity index (χ1) is 10.2. The second kappa shape index (κ2) is 6.75. The Morgan fingerprint density at radius 2 is 2.00 bits per heavy atom. The van der Waals surface area contributed by atoms with Gasteiger partial charge in [0.2, 0.25) is 0 Å². The van der Waals surface area contributed by atoms with Crippen molar-refractivity contribution in [2.45, 2.75) is 39.3 Å². The van der Waals surface area contributed by atoms with Crippen LogP contribution in [0, 0.1) is 5.92 Å². The molecule has 1 saturated carbocycles. The molecule has 2 fully saturated rings. The SMILES string of the molecule is CC(C)CNCc1cc(N2CCN(C3CC3)CC2)ccn1. The molecule has 0 aromatic carbocycles. The van der Waals surface area contributed by atoms with Crippen molar-refractivity contribution < 1.29 is 0 Å². The zero-order valence-corrected chi connectivity index (χ0v) is 13.4. The molecule has 0 bridgehead atoms. The Hall–Kier alpha value is -1.13. The van der Waals surface area contributed by atoms with Gasteiger partial charge in [0.1, 0.15) is 0 Å². The van der Waals surface area contributed by atoms with E-state index >= 15 is 0 Å². The molecule has 0 atom stereocenters. The molecule has 2 heterocycles. The third-order valence-corrected chi connectivity index (χ3v) is 4.40. The zero-order valence-electron chi connectivity index (χ0n) is 13.4. The number of piperazine rings is 1. The topological polar surface area (TPSA) is 31.4 Å². The van der Waals surface area contributed by atoms with Crippen molar-refractivity contribution in [3.05, 3.63) is 24.0 Å². The van der Waals surface area contributed by atoms with Gasteiger partial charge in [-0.2, -0.15) is 0 Å². The normalized spacial score (nSPS) is 20.2. The summed E-state index contributed by atoms with van der Waals surface area (Å²) in [5.74, 6) is 0.684. The van der Waals surface area contributed by atoms with Crippen molar-refractivity contribution in [3.63, 3.8) is 0 Å². The summed E-state index contributed by atoms with van der Waals surface area (Å²) >= 11 is 0. The quantitative estimate of drug-likeness (QED) is 0.869. The molecule has 116 valence electrons. The Balaban J connectivity index is 1.53. The fourth-order valence-electron chi connectivity index (χ4n) is 3.03. The van der Waals surface area contributed by atoms with E-state index in [-0.39, 0.29) is 0 Å². The maximum atomic E-state index is 4.48. The summed E-state index contributed by atoms with van der Waals surface area (Å²) < 4.78 is 0. The van der Waals surface area contributed by atoms with Gasteiger partial charge in [0, 0.05) is 50.6 Å². The third-order valence-electron chi connectivity index (χ3n) is 4.40. The Morgan fingerprint density at radius 3 is 2.67 bits per heavy atom. The molecule has 1 aromatic rings. The van der Waals surface area contributed by atoms with Crippen LogP contribution in [-0.2, 0) is 6.54 Å². The molecule has 0 amide bonds. The third kappa shape index (κ3) is 4.17. The van der Waals surface area contributed by atoms with Crippen molar-refractivity contribution in [2.75, 3.05) is 37.6 Å². The number of rotatable bonds is 6. The van der Waals surface area contributed by atoms with Crippen molar-refractivity contribution in [3.8, 4) is 0 Å². The number of hydrogen-bond donors (Lipinski definition) is 1. The van der Waals surface area contributed by atoms with E-state index in [0.717, 1.165) is 37.9 Å². The average Bonchev–Trinajstić information content (AvgIpc) is 3.32. The minimum Gasteiger partial charge on any atom is -0.369 e. The molecule has 1 N–H and O–H groups in total. The molecule has 0 radical (unpaired) electrons. The number of nitrogens with one attached hydrogen (secondary N) is 1. The Morgan fingerprint density at radius 1 is 1.24 bits per heavy atom. The van der Waals surface area contributed by atoms with Crippen LogP contribution in [0.5, 0.6) is 0 Å². The summed E-state index contributed by atoms with van der Waals surface area (Å²) in [6.07, 6.45) is 4.79. The van der Waals surface area contributed by atoms with Gasteiger partial charge < -0.3 is 10.2 Å². The molecule has 1 saturated heterocycles. The summed E-state index contributed by atoms with van der Waals surface area (Å²) in [6, 6.07) is 5.30. The van der Waals surface area contributed by atoms with Gasteiger partial charge >= 0.3 is 0 Å². The fourth-order valence-corrected chi connectivity index (χ4v) is 3.03. The highest BCUT2D eigenvalue weighted by molar-refractivity contribution is 5.47. The lowest BCUT2D eigenvalue weighted by atomic mass is 10.2. The number of aromatic nitrogens is 1. The molecular weight excluding hydrogens is 260 g/mol. The largest absolute Gasteiger partial charge is 0.369 e. The number of nitrogens with zero attached hydrogens (tertiary/aromatic N) is 3. The van der Waals surface area contributed by atoms with Gasteiger partial charge in [-0.05, 0) is 37.4 Å². The first-order valence-electron chi connectivity index (χ1n) is 8.37. The van der Waals surface area contributed by atoms with E-state index in [1.165, 1.54) is 31.6 Å². The number of hydrogen-bond acceptors (Lipinski definition) is 4. The predicted molar refractivity (Wildman–Crippen MR) is 87.6 cm³/mol. The van der Waals surface area contributed by atoms with E-state index < -0.39 is 0 Å². The maximum absolute atomic E-state index is 4.48. The van der Waals surface area contributed by atoms with E-state index in [1.807, 2.05) is 6.20 Å². The highest BCUT2D eigenvalue weighted by Gasteiger charge is 2.31. The van der Waals surface area contributed by atoms with E-state index in [9.17, 15) is 0 Å². The molecule has 0 spiro atoms. The molecule has 4 nitrogen and oxygen atoms in total. The molecule has 1 aliphatic carbocycles. The lowest BCUT2D eigenvalue weighted by Gasteiger charge is -2.36. The Kier molecular flexibility index (Phi) is 4.76. The standard InChI is InChI=1S/C17H28N4/c1-14(2)12-18-13-15-11-17(5-6-19-15)21-9-7-20(8-10-21)16-3-4-16/h5-6,11,14,16,18H,3-4,7-10,12-13H2,1-2H3. The van der Waals surface area contributed by atoms with Gasteiger partial charge in [-0.15, -0.1) is 0 Å². The minimum absolute atomic E-state index is 0.684. The molecule has 4 heteroatoms. The van der Waals surface area contributed by atoms with E-state index in [4.69, 9.17) is 0 Å². The predicted octanol–water partition coefficient (Wildman–Crippen LogP) is 2.11. The summed E-state index contributed by atoms with van der Waals surface area (Å²) in [5, 5.41) is 3.47. The van der Waals surface area contributed by atoms with E-state index in [1.54, 1.807) is 0 Å². The lowest BCUT2D eigenvalue weighted by molar-refractivity contribution is 0.248. The minimum atomic E-state index is 0.684. The Labute approximate surface area is 128 Å². The van der Waals surface area contributed by atoms with Crippen LogP contribution < -0.4 is 10.2 Å². The molecule has 1 aliphatic heterocycles. The van der Waals surface area contributed by atoms with E-state index in [0.29, 0.717) is 5.92 Å². The molecule has 0 unspecified atom stereocenters. The summed E-state index contributed by atoms with van der Waals surface area (Å²) in [6.45, 7) is 11.1. The van der Waals surface area contributed by atoms with Gasteiger partial charge in [0.05, 0.1) is 5.69 Å². The molecule has 3 rings (SSSR count). The van der Waals surface area contributed by atoms with Crippen LogP contribution in [0.2, 0.25) is 0 Å². The van der Waals surface area contributed by atoms with Crippen LogP contribution in [-0.4, -0.2) is 48.6 Å². The molecule has 21 heavy (non-hydrogen) atoms. The maximum Gasteiger partial charge on any atom is 0.0562 e. The summed E-state index contributed by atoms with van der Waals surface area (Å²) in [7, 11) is 0. The van der Waals surface area contributed by atoms with Gasteiger partial charge in [0.25, 0.3) is 0 Å². The second-order valence-corrected chi connectivity index (χ2v) is 6.78. The zero-order chi connectivity index (χ0) is 14.7. The first kappa shape index (κ1) is 14.8. The highest BCUT2D eigenvalue weighted by Crippen LogP contribution is 2.28. The van der Waals surface area contributed by atoms with Crippen molar-refractivity contribution >= 4 is 5.69 Å². The van der Waals surface area contributed by atoms with Crippen LogP contribution in [0.1, 0.15) is 32.4 Å². The lowest BCUT2D eigenvalue weighted by Crippen LogP contribution is -2.47. The van der Waals surface area contributed by atoms with E-state index in [2.05, 4.69) is 46.1 Å². The smallest absolute Gasteiger partial charge is 0.0562 e. The van der Waals surface area contributed by atoms with Gasteiger partial charge in [-0.25, -0.2) is 0 Å². The van der Waals surface area contributed by atoms with Crippen molar-refractivity contribution in [2.24, 2.45) is 5.92 Å². The average molecular weight is 288 g/mol. The molecular formula is C17H28N4. The number of anilines is 1. The summed E-state index contributed by atoms with van der Waals surface area (Å²) in [4.78, 5) is 9.65. The van der Waals surface area contributed by atoms with Crippen molar-refractivity contribution in [1.82, 2.24) is 15.2 Å². The van der Waals surface area contributed by atoms with Crippen molar-refractivity contribution in [1.29, 1.82) is 0 Å². The van der Waals surface area contributed by atoms with Crippen LogP contribution in [0.25, 0.3) is 0 Å². The van der Waals surface area contributed by atoms with Crippen LogP contribution >= 0.6 is 0 Å². The molecule has 1 aromatic heterocycles. The first-order valence-corrected chi connectivity index (χ1v) is 8.37. The Bertz CT molecular complexity index is 448. The van der Waals surface area contributed by atoms with Gasteiger partial charge in [-0.1, -0.05) is 13.8 Å². The number of pyridine rings is 1. The van der Waals surface area contributed by atoms with Crippen LogP contribution in [0.15, 0.2) is 18.3 Å². The highest BCUT2D eigenvalue weighted by atomic mass is 15.3. The van der Waals surface area contributed by atoms with Crippen LogP contribution in [0.3, 0.4) is 0 Å².